The first-order valence-corrected chi connectivity index (χ1v) is 6.28. The zero-order chi connectivity index (χ0) is 15.2. The molecule has 2 aromatic carbocycles. The second kappa shape index (κ2) is 6.35. The molecule has 0 bridgehead atoms. The number of carbonyl (C=O) groups is 2. The van der Waals surface area contributed by atoms with Crippen LogP contribution in [-0.4, -0.2) is 18.9 Å². The van der Waals surface area contributed by atoms with Crippen molar-refractivity contribution in [3.63, 3.8) is 0 Å². The topological polar surface area (TPSA) is 82.0 Å². The zero-order valence-electron chi connectivity index (χ0n) is 11.4. The van der Waals surface area contributed by atoms with Gasteiger partial charge < -0.3 is 10.6 Å². The molecule has 0 fully saturated rings. The molecule has 0 saturated heterocycles. The molecule has 0 aromatic heterocycles. The lowest BCUT2D eigenvalue weighted by molar-refractivity contribution is 0.0964. The third-order valence-corrected chi connectivity index (χ3v) is 2.90. The van der Waals surface area contributed by atoms with Gasteiger partial charge in [0.05, 0.1) is 22.9 Å². The van der Waals surface area contributed by atoms with E-state index in [0.717, 1.165) is 0 Å². The number of benzene rings is 2. The van der Waals surface area contributed by atoms with Crippen molar-refractivity contribution >= 4 is 17.5 Å². The van der Waals surface area contributed by atoms with Crippen LogP contribution >= 0.6 is 0 Å². The van der Waals surface area contributed by atoms with Crippen molar-refractivity contribution in [1.29, 1.82) is 5.26 Å². The number of hydrogen-bond donors (Lipinski definition) is 2. The summed E-state index contributed by atoms with van der Waals surface area (Å²) in [6.07, 6.45) is 0. The van der Waals surface area contributed by atoms with Crippen LogP contribution in [0.1, 0.15) is 26.3 Å². The van der Waals surface area contributed by atoms with Crippen molar-refractivity contribution in [3.8, 4) is 6.07 Å². The molecule has 0 radical (unpaired) electrons. The predicted octanol–water partition coefficient (Wildman–Crippen LogP) is 2.17. The van der Waals surface area contributed by atoms with Crippen molar-refractivity contribution in [2.75, 3.05) is 12.4 Å². The molecule has 0 atom stereocenters. The quantitative estimate of drug-likeness (QED) is 0.903. The smallest absolute Gasteiger partial charge is 0.255 e. The fourth-order valence-corrected chi connectivity index (χ4v) is 1.85. The standard InChI is InChI=1S/C16H13N3O2/c1-18-16(21)13-7-2-3-8-14(13)19-15(20)12-6-4-5-11(9-12)10-17/h2-9H,1H3,(H,18,21)(H,19,20). The number of rotatable bonds is 3. The predicted molar refractivity (Wildman–Crippen MR) is 78.9 cm³/mol. The van der Waals surface area contributed by atoms with Crippen molar-refractivity contribution in [2.24, 2.45) is 0 Å². The van der Waals surface area contributed by atoms with Crippen LogP contribution in [0.3, 0.4) is 0 Å². The maximum atomic E-state index is 12.2. The van der Waals surface area contributed by atoms with Crippen LogP contribution < -0.4 is 10.6 Å². The van der Waals surface area contributed by atoms with Gasteiger partial charge in [-0.1, -0.05) is 18.2 Å². The van der Waals surface area contributed by atoms with Crippen LogP contribution in [0.5, 0.6) is 0 Å². The normalized spacial score (nSPS) is 9.52. The summed E-state index contributed by atoms with van der Waals surface area (Å²) in [4.78, 5) is 23.9. The number of carbonyl (C=O) groups excluding carboxylic acids is 2. The van der Waals surface area contributed by atoms with Gasteiger partial charge in [0.1, 0.15) is 0 Å². The summed E-state index contributed by atoms with van der Waals surface area (Å²) in [5, 5.41) is 14.1. The van der Waals surface area contributed by atoms with E-state index in [2.05, 4.69) is 10.6 Å². The lowest BCUT2D eigenvalue weighted by atomic mass is 10.1. The minimum absolute atomic E-state index is 0.281. The van der Waals surface area contributed by atoms with E-state index in [9.17, 15) is 9.59 Å². The van der Waals surface area contributed by atoms with Gasteiger partial charge >= 0.3 is 0 Å². The lowest BCUT2D eigenvalue weighted by Gasteiger charge is -2.10. The maximum Gasteiger partial charge on any atom is 0.255 e. The Hall–Kier alpha value is -3.13. The van der Waals surface area contributed by atoms with Gasteiger partial charge in [0, 0.05) is 12.6 Å². The summed E-state index contributed by atoms with van der Waals surface area (Å²) in [5.74, 6) is -0.653. The van der Waals surface area contributed by atoms with E-state index in [1.54, 1.807) is 42.5 Å². The third kappa shape index (κ3) is 3.25. The Morgan fingerprint density at radius 1 is 1.05 bits per heavy atom. The van der Waals surface area contributed by atoms with E-state index in [-0.39, 0.29) is 11.8 Å². The van der Waals surface area contributed by atoms with Crippen molar-refractivity contribution in [2.45, 2.75) is 0 Å². The largest absolute Gasteiger partial charge is 0.355 e. The van der Waals surface area contributed by atoms with E-state index >= 15 is 0 Å². The molecule has 0 aliphatic heterocycles. The molecule has 21 heavy (non-hydrogen) atoms. The zero-order valence-corrected chi connectivity index (χ0v) is 11.4. The number of nitrogens with one attached hydrogen (secondary N) is 2. The molecule has 0 unspecified atom stereocenters. The van der Waals surface area contributed by atoms with E-state index < -0.39 is 0 Å². The monoisotopic (exact) mass is 279 g/mol. The first-order valence-electron chi connectivity index (χ1n) is 6.28. The Morgan fingerprint density at radius 2 is 1.81 bits per heavy atom. The Kier molecular flexibility index (Phi) is 4.32. The molecule has 2 aromatic rings. The molecule has 0 aliphatic rings. The van der Waals surface area contributed by atoms with E-state index in [1.165, 1.54) is 13.1 Å². The molecule has 104 valence electrons. The second-order valence-electron chi connectivity index (χ2n) is 4.27. The average molecular weight is 279 g/mol. The second-order valence-corrected chi connectivity index (χ2v) is 4.27. The molecule has 5 heteroatoms. The van der Waals surface area contributed by atoms with Gasteiger partial charge in [0.15, 0.2) is 0 Å². The van der Waals surface area contributed by atoms with E-state index in [0.29, 0.717) is 22.4 Å². The van der Waals surface area contributed by atoms with Gasteiger partial charge in [-0.3, -0.25) is 9.59 Å². The highest BCUT2D eigenvalue weighted by Crippen LogP contribution is 2.16. The van der Waals surface area contributed by atoms with Crippen LogP contribution in [0, 0.1) is 11.3 Å². The highest BCUT2D eigenvalue weighted by atomic mass is 16.2. The first kappa shape index (κ1) is 14.3. The summed E-state index contributed by atoms with van der Waals surface area (Å²) in [7, 11) is 1.53. The SMILES string of the molecule is CNC(=O)c1ccccc1NC(=O)c1cccc(C#N)c1. The van der Waals surface area contributed by atoms with E-state index in [4.69, 9.17) is 5.26 Å². The summed E-state index contributed by atoms with van der Waals surface area (Å²) in [6, 6.07) is 15.1. The molecule has 2 amide bonds. The highest BCUT2D eigenvalue weighted by Gasteiger charge is 2.13. The summed E-state index contributed by atoms with van der Waals surface area (Å²) >= 11 is 0. The molecule has 2 rings (SSSR count). The Labute approximate surface area is 122 Å². The van der Waals surface area contributed by atoms with Gasteiger partial charge in [0.2, 0.25) is 0 Å². The van der Waals surface area contributed by atoms with Crippen LogP contribution in [0.25, 0.3) is 0 Å². The summed E-state index contributed by atoms with van der Waals surface area (Å²) in [6.45, 7) is 0. The Balaban J connectivity index is 2.28. The van der Waals surface area contributed by atoms with Gasteiger partial charge in [0.25, 0.3) is 11.8 Å². The van der Waals surface area contributed by atoms with Crippen LogP contribution in [0.2, 0.25) is 0 Å². The molecule has 0 aliphatic carbocycles. The summed E-state index contributed by atoms with van der Waals surface area (Å²) in [5.41, 5.74) is 1.57. The van der Waals surface area contributed by atoms with Crippen molar-refractivity contribution < 1.29 is 9.59 Å². The number of para-hydroxylation sites is 1. The molecule has 2 N–H and O–H groups in total. The molecular formula is C16H13N3O2. The number of nitriles is 1. The number of amides is 2. The van der Waals surface area contributed by atoms with Gasteiger partial charge in [-0.25, -0.2) is 0 Å². The number of hydrogen-bond acceptors (Lipinski definition) is 3. The fourth-order valence-electron chi connectivity index (χ4n) is 1.85. The molecular weight excluding hydrogens is 266 g/mol. The fraction of sp³-hybridized carbons (Fsp3) is 0.0625. The maximum absolute atomic E-state index is 12.2. The van der Waals surface area contributed by atoms with E-state index in [1.807, 2.05) is 6.07 Å². The molecule has 0 saturated carbocycles. The van der Waals surface area contributed by atoms with Crippen LogP contribution in [0.15, 0.2) is 48.5 Å². The number of nitrogens with zero attached hydrogens (tertiary/aromatic N) is 1. The molecule has 5 nitrogen and oxygen atoms in total. The van der Waals surface area contributed by atoms with Gasteiger partial charge in [-0.05, 0) is 30.3 Å². The first-order chi connectivity index (χ1) is 10.2. The van der Waals surface area contributed by atoms with Crippen LogP contribution in [-0.2, 0) is 0 Å². The highest BCUT2D eigenvalue weighted by molar-refractivity contribution is 6.09. The Bertz CT molecular complexity index is 732. The van der Waals surface area contributed by atoms with Gasteiger partial charge in [-0.15, -0.1) is 0 Å². The average Bonchev–Trinajstić information content (AvgIpc) is 2.54. The van der Waals surface area contributed by atoms with Gasteiger partial charge in [-0.2, -0.15) is 5.26 Å². The van der Waals surface area contributed by atoms with Crippen molar-refractivity contribution in [3.05, 3.63) is 65.2 Å². The molecule has 0 heterocycles. The Morgan fingerprint density at radius 3 is 2.52 bits per heavy atom. The molecule has 0 spiro atoms. The van der Waals surface area contributed by atoms with Crippen LogP contribution in [0.4, 0.5) is 5.69 Å². The number of anilines is 1. The minimum atomic E-state index is -0.372. The summed E-state index contributed by atoms with van der Waals surface area (Å²) < 4.78 is 0. The third-order valence-electron chi connectivity index (χ3n) is 2.90. The lowest BCUT2D eigenvalue weighted by Crippen LogP contribution is -2.21. The van der Waals surface area contributed by atoms with Crippen molar-refractivity contribution in [1.82, 2.24) is 5.32 Å². The minimum Gasteiger partial charge on any atom is -0.355 e.